The number of nitrogens with two attached hydrogens (primary N) is 1. The number of nitrogens with zero attached hydrogens (tertiary/aromatic N) is 1. The highest BCUT2D eigenvalue weighted by atomic mass is 16.5. The van der Waals surface area contributed by atoms with Crippen LogP contribution in [0.15, 0.2) is 18.2 Å². The third kappa shape index (κ3) is 3.56. The molecule has 1 aliphatic carbocycles. The van der Waals surface area contributed by atoms with Crippen LogP contribution >= 0.6 is 0 Å². The SMILES string of the molecule is COc1ccc(C2CC(CN)CN2C)cc1C1CCC(C)CC1. The fourth-order valence-corrected chi connectivity index (χ4v) is 4.52. The average molecular weight is 316 g/mol. The summed E-state index contributed by atoms with van der Waals surface area (Å²) in [6, 6.07) is 7.38. The Morgan fingerprint density at radius 1 is 1.22 bits per heavy atom. The van der Waals surface area contributed by atoms with Crippen LogP contribution in [0.3, 0.4) is 0 Å². The number of ether oxygens (including phenoxy) is 1. The van der Waals surface area contributed by atoms with E-state index in [9.17, 15) is 0 Å². The molecule has 0 amide bonds. The van der Waals surface area contributed by atoms with Gasteiger partial charge in [0, 0.05) is 12.6 Å². The second-order valence-electron chi connectivity index (χ2n) is 7.75. The highest BCUT2D eigenvalue weighted by Crippen LogP contribution is 2.42. The molecule has 1 heterocycles. The third-order valence-corrected chi connectivity index (χ3v) is 6.06. The zero-order valence-electron chi connectivity index (χ0n) is 14.9. The molecule has 2 N–H and O–H groups in total. The number of methoxy groups -OCH3 is 1. The van der Waals surface area contributed by atoms with E-state index in [-0.39, 0.29) is 0 Å². The van der Waals surface area contributed by atoms with Crippen molar-refractivity contribution in [2.75, 3.05) is 27.2 Å². The van der Waals surface area contributed by atoms with Crippen LogP contribution in [0.2, 0.25) is 0 Å². The predicted molar refractivity (Wildman–Crippen MR) is 95.9 cm³/mol. The second kappa shape index (κ2) is 7.23. The lowest BCUT2D eigenvalue weighted by molar-refractivity contribution is 0.311. The highest BCUT2D eigenvalue weighted by molar-refractivity contribution is 5.41. The Balaban J connectivity index is 1.84. The van der Waals surface area contributed by atoms with E-state index in [1.165, 1.54) is 43.2 Å². The first-order valence-electron chi connectivity index (χ1n) is 9.20. The van der Waals surface area contributed by atoms with Gasteiger partial charge in [0.25, 0.3) is 0 Å². The summed E-state index contributed by atoms with van der Waals surface area (Å²) in [4.78, 5) is 2.46. The van der Waals surface area contributed by atoms with Gasteiger partial charge in [0.2, 0.25) is 0 Å². The van der Waals surface area contributed by atoms with Gasteiger partial charge in [-0.05, 0) is 67.8 Å². The Hall–Kier alpha value is -1.06. The molecule has 3 rings (SSSR count). The van der Waals surface area contributed by atoms with E-state index in [0.717, 1.165) is 24.8 Å². The van der Waals surface area contributed by atoms with E-state index >= 15 is 0 Å². The van der Waals surface area contributed by atoms with Crippen LogP contribution in [0.25, 0.3) is 0 Å². The molecule has 3 heteroatoms. The third-order valence-electron chi connectivity index (χ3n) is 6.06. The van der Waals surface area contributed by atoms with E-state index in [2.05, 4.69) is 37.1 Å². The van der Waals surface area contributed by atoms with Gasteiger partial charge in [-0.15, -0.1) is 0 Å². The van der Waals surface area contributed by atoms with E-state index in [1.54, 1.807) is 7.11 Å². The molecule has 23 heavy (non-hydrogen) atoms. The monoisotopic (exact) mass is 316 g/mol. The van der Waals surface area contributed by atoms with Crippen molar-refractivity contribution in [2.45, 2.75) is 51.0 Å². The summed E-state index contributed by atoms with van der Waals surface area (Å²) in [6.45, 7) is 4.29. The fraction of sp³-hybridized carbons (Fsp3) is 0.700. The molecule has 1 aliphatic heterocycles. The molecule has 3 nitrogen and oxygen atoms in total. The summed E-state index contributed by atoms with van der Waals surface area (Å²) in [5, 5.41) is 0. The molecule has 1 saturated carbocycles. The van der Waals surface area contributed by atoms with Gasteiger partial charge in [-0.3, -0.25) is 4.90 Å². The Kier molecular flexibility index (Phi) is 5.27. The lowest BCUT2D eigenvalue weighted by Crippen LogP contribution is -2.20. The molecule has 1 aromatic rings. The van der Waals surface area contributed by atoms with Gasteiger partial charge >= 0.3 is 0 Å². The number of hydrogen-bond donors (Lipinski definition) is 1. The zero-order chi connectivity index (χ0) is 16.4. The van der Waals surface area contributed by atoms with Crippen molar-refractivity contribution in [3.8, 4) is 5.75 Å². The van der Waals surface area contributed by atoms with Crippen LogP contribution in [0.4, 0.5) is 0 Å². The summed E-state index contributed by atoms with van der Waals surface area (Å²) < 4.78 is 5.68. The van der Waals surface area contributed by atoms with Crippen molar-refractivity contribution in [1.29, 1.82) is 0 Å². The Bertz CT molecular complexity index is 522. The summed E-state index contributed by atoms with van der Waals surface area (Å²) >= 11 is 0. The van der Waals surface area contributed by atoms with Gasteiger partial charge < -0.3 is 10.5 Å². The Morgan fingerprint density at radius 3 is 2.57 bits per heavy atom. The van der Waals surface area contributed by atoms with Crippen molar-refractivity contribution in [1.82, 2.24) is 4.90 Å². The molecule has 2 atom stereocenters. The van der Waals surface area contributed by atoms with Gasteiger partial charge in [0.15, 0.2) is 0 Å². The second-order valence-corrected chi connectivity index (χ2v) is 7.75. The van der Waals surface area contributed by atoms with E-state index in [4.69, 9.17) is 10.5 Å². The maximum absolute atomic E-state index is 5.90. The molecule has 0 spiro atoms. The smallest absolute Gasteiger partial charge is 0.122 e. The molecule has 2 unspecified atom stereocenters. The molecule has 2 aliphatic rings. The fourth-order valence-electron chi connectivity index (χ4n) is 4.52. The average Bonchev–Trinajstić information content (AvgIpc) is 2.96. The van der Waals surface area contributed by atoms with Crippen molar-refractivity contribution in [2.24, 2.45) is 17.6 Å². The molecule has 2 fully saturated rings. The summed E-state index contributed by atoms with van der Waals surface area (Å²) in [5.41, 5.74) is 8.77. The minimum atomic E-state index is 0.510. The number of hydrogen-bond acceptors (Lipinski definition) is 3. The van der Waals surface area contributed by atoms with Crippen LogP contribution in [-0.2, 0) is 0 Å². The lowest BCUT2D eigenvalue weighted by atomic mass is 9.78. The van der Waals surface area contributed by atoms with Gasteiger partial charge in [-0.2, -0.15) is 0 Å². The summed E-state index contributed by atoms with van der Waals surface area (Å²) in [6.07, 6.45) is 6.47. The zero-order valence-corrected chi connectivity index (χ0v) is 14.9. The minimum Gasteiger partial charge on any atom is -0.496 e. The van der Waals surface area contributed by atoms with Gasteiger partial charge in [0.1, 0.15) is 5.75 Å². The van der Waals surface area contributed by atoms with Crippen LogP contribution in [0, 0.1) is 11.8 Å². The minimum absolute atomic E-state index is 0.510. The molecule has 128 valence electrons. The maximum atomic E-state index is 5.90. The van der Waals surface area contributed by atoms with Crippen LogP contribution < -0.4 is 10.5 Å². The maximum Gasteiger partial charge on any atom is 0.122 e. The molecule has 1 aromatic carbocycles. The molecular formula is C20H32N2O. The van der Waals surface area contributed by atoms with Crippen molar-refractivity contribution < 1.29 is 4.74 Å². The number of rotatable bonds is 4. The van der Waals surface area contributed by atoms with E-state index in [0.29, 0.717) is 17.9 Å². The van der Waals surface area contributed by atoms with E-state index in [1.807, 2.05) is 0 Å². The molecule has 0 radical (unpaired) electrons. The first-order valence-corrected chi connectivity index (χ1v) is 9.20. The molecule has 0 aromatic heterocycles. The van der Waals surface area contributed by atoms with Crippen molar-refractivity contribution >= 4 is 0 Å². The summed E-state index contributed by atoms with van der Waals surface area (Å²) in [5.74, 6) is 3.25. The van der Waals surface area contributed by atoms with E-state index < -0.39 is 0 Å². The standard InChI is InChI=1S/C20H32N2O/c1-14-4-6-16(7-5-14)18-11-17(8-9-20(18)23-3)19-10-15(12-21)13-22(19)2/h8-9,11,14-16,19H,4-7,10,12-13,21H2,1-3H3. The Labute approximate surface area is 141 Å². The Morgan fingerprint density at radius 2 is 1.96 bits per heavy atom. The quantitative estimate of drug-likeness (QED) is 0.914. The first-order chi connectivity index (χ1) is 11.1. The largest absolute Gasteiger partial charge is 0.496 e. The molecule has 0 bridgehead atoms. The van der Waals surface area contributed by atoms with Gasteiger partial charge in [-0.1, -0.05) is 31.9 Å². The number of benzene rings is 1. The molecular weight excluding hydrogens is 284 g/mol. The number of likely N-dealkylation sites (tertiary alicyclic amines) is 1. The van der Waals surface area contributed by atoms with Gasteiger partial charge in [0.05, 0.1) is 7.11 Å². The van der Waals surface area contributed by atoms with Crippen molar-refractivity contribution in [3.63, 3.8) is 0 Å². The van der Waals surface area contributed by atoms with Gasteiger partial charge in [-0.25, -0.2) is 0 Å². The van der Waals surface area contributed by atoms with Crippen molar-refractivity contribution in [3.05, 3.63) is 29.3 Å². The normalized spacial score (nSPS) is 32.2. The summed E-state index contributed by atoms with van der Waals surface area (Å²) in [7, 11) is 4.03. The lowest BCUT2D eigenvalue weighted by Gasteiger charge is -2.29. The first kappa shape index (κ1) is 16.8. The topological polar surface area (TPSA) is 38.5 Å². The van der Waals surface area contributed by atoms with Crippen LogP contribution in [0.1, 0.15) is 62.1 Å². The predicted octanol–water partition coefficient (Wildman–Crippen LogP) is 3.94. The van der Waals surface area contributed by atoms with Crippen LogP contribution in [0.5, 0.6) is 5.75 Å². The molecule has 1 saturated heterocycles. The van der Waals surface area contributed by atoms with Crippen LogP contribution in [-0.4, -0.2) is 32.1 Å². The highest BCUT2D eigenvalue weighted by Gasteiger charge is 2.31.